The quantitative estimate of drug-likeness (QED) is 0.623. The lowest BCUT2D eigenvalue weighted by atomic mass is 10.0. The van der Waals surface area contributed by atoms with Gasteiger partial charge in [0.2, 0.25) is 0 Å². The molecule has 5 nitrogen and oxygen atoms in total. The predicted molar refractivity (Wildman–Crippen MR) is 72.2 cm³/mol. The Balaban J connectivity index is 1.86. The molecule has 1 amide bonds. The summed E-state index contributed by atoms with van der Waals surface area (Å²) >= 11 is 0. The normalized spacial score (nSPS) is 12.8. The van der Waals surface area contributed by atoms with Crippen LogP contribution in [0.3, 0.4) is 0 Å². The molecule has 0 fully saturated rings. The number of aryl methyl sites for hydroxylation is 2. The van der Waals surface area contributed by atoms with Crippen LogP contribution in [-0.2, 0) is 27.2 Å². The van der Waals surface area contributed by atoms with Crippen molar-refractivity contribution in [2.45, 2.75) is 32.1 Å². The van der Waals surface area contributed by atoms with Crippen molar-refractivity contribution in [1.29, 1.82) is 0 Å². The summed E-state index contributed by atoms with van der Waals surface area (Å²) in [6, 6.07) is 5.71. The van der Waals surface area contributed by atoms with E-state index in [1.54, 1.807) is 6.07 Å². The fraction of sp³-hybridized carbons (Fsp3) is 0.400. The molecule has 2 rings (SSSR count). The third-order valence-electron chi connectivity index (χ3n) is 3.35. The van der Waals surface area contributed by atoms with E-state index in [0.717, 1.165) is 19.3 Å². The predicted octanol–water partition coefficient (Wildman–Crippen LogP) is 1.17. The number of esters is 1. The van der Waals surface area contributed by atoms with Crippen LogP contribution in [-0.4, -0.2) is 24.3 Å². The average molecular weight is 275 g/mol. The van der Waals surface area contributed by atoms with Crippen molar-refractivity contribution in [3.63, 3.8) is 0 Å². The molecule has 0 unspecified atom stereocenters. The summed E-state index contributed by atoms with van der Waals surface area (Å²) in [5.74, 6) is -1.38. The number of primary amides is 1. The standard InChI is InChI=1S/C15H17NO4/c16-14(18)9-20-15(19)7-6-13(17)12-5-4-10-2-1-3-11(10)8-12/h4-5,8H,1-3,6-7,9H2,(H2,16,18). The average Bonchev–Trinajstić information content (AvgIpc) is 2.89. The van der Waals surface area contributed by atoms with Crippen molar-refractivity contribution >= 4 is 17.7 Å². The van der Waals surface area contributed by atoms with Crippen LogP contribution in [0.2, 0.25) is 0 Å². The number of carbonyl (C=O) groups is 3. The Labute approximate surface area is 117 Å². The van der Waals surface area contributed by atoms with Crippen LogP contribution in [0.1, 0.15) is 40.7 Å². The summed E-state index contributed by atoms with van der Waals surface area (Å²) in [5.41, 5.74) is 8.03. The van der Waals surface area contributed by atoms with Gasteiger partial charge >= 0.3 is 5.97 Å². The van der Waals surface area contributed by atoms with Gasteiger partial charge in [-0.3, -0.25) is 14.4 Å². The molecule has 0 aromatic heterocycles. The van der Waals surface area contributed by atoms with E-state index in [1.165, 1.54) is 11.1 Å². The molecule has 1 aromatic rings. The Morgan fingerprint density at radius 2 is 1.85 bits per heavy atom. The molecular formula is C15H17NO4. The lowest BCUT2D eigenvalue weighted by molar-refractivity contribution is -0.147. The number of hydrogen-bond acceptors (Lipinski definition) is 4. The summed E-state index contributed by atoms with van der Waals surface area (Å²) in [6.07, 6.45) is 3.26. The molecule has 0 saturated carbocycles. The van der Waals surface area contributed by atoms with Gasteiger partial charge in [0.25, 0.3) is 5.91 Å². The second-order valence-corrected chi connectivity index (χ2v) is 4.89. The fourth-order valence-corrected chi connectivity index (χ4v) is 2.33. The highest BCUT2D eigenvalue weighted by Gasteiger charge is 2.15. The lowest BCUT2D eigenvalue weighted by Crippen LogP contribution is -2.21. The topological polar surface area (TPSA) is 86.5 Å². The van der Waals surface area contributed by atoms with E-state index >= 15 is 0 Å². The number of rotatable bonds is 6. The second kappa shape index (κ2) is 6.32. The smallest absolute Gasteiger partial charge is 0.306 e. The maximum atomic E-state index is 12.0. The Hall–Kier alpha value is -2.17. The summed E-state index contributed by atoms with van der Waals surface area (Å²) in [7, 11) is 0. The molecule has 20 heavy (non-hydrogen) atoms. The number of fused-ring (bicyclic) bond motifs is 1. The van der Waals surface area contributed by atoms with Crippen LogP contribution in [0.15, 0.2) is 18.2 Å². The maximum Gasteiger partial charge on any atom is 0.306 e. The zero-order valence-electron chi connectivity index (χ0n) is 11.2. The van der Waals surface area contributed by atoms with Crippen LogP contribution in [0.4, 0.5) is 0 Å². The molecule has 0 bridgehead atoms. The Morgan fingerprint density at radius 1 is 1.10 bits per heavy atom. The third kappa shape index (κ3) is 3.66. The molecule has 5 heteroatoms. The van der Waals surface area contributed by atoms with Crippen LogP contribution in [0, 0.1) is 0 Å². The van der Waals surface area contributed by atoms with Crippen molar-refractivity contribution in [3.05, 3.63) is 34.9 Å². The molecule has 1 aliphatic carbocycles. The summed E-state index contributed by atoms with van der Waals surface area (Å²) in [6.45, 7) is -0.439. The van der Waals surface area contributed by atoms with Gasteiger partial charge in [0, 0.05) is 12.0 Å². The van der Waals surface area contributed by atoms with E-state index < -0.39 is 18.5 Å². The molecule has 0 heterocycles. The number of ketones is 1. The first-order chi connectivity index (χ1) is 9.56. The highest BCUT2D eigenvalue weighted by molar-refractivity contribution is 5.97. The zero-order chi connectivity index (χ0) is 14.5. The van der Waals surface area contributed by atoms with E-state index in [4.69, 9.17) is 5.73 Å². The van der Waals surface area contributed by atoms with Gasteiger partial charge in [-0.2, -0.15) is 0 Å². The van der Waals surface area contributed by atoms with E-state index in [2.05, 4.69) is 4.74 Å². The van der Waals surface area contributed by atoms with Gasteiger partial charge < -0.3 is 10.5 Å². The summed E-state index contributed by atoms with van der Waals surface area (Å²) in [5, 5.41) is 0. The number of ether oxygens (including phenoxy) is 1. The van der Waals surface area contributed by atoms with Gasteiger partial charge in [-0.25, -0.2) is 0 Å². The molecule has 0 radical (unpaired) electrons. The number of carbonyl (C=O) groups excluding carboxylic acids is 3. The minimum atomic E-state index is -0.705. The van der Waals surface area contributed by atoms with Crippen LogP contribution >= 0.6 is 0 Å². The Kier molecular flexibility index (Phi) is 4.50. The molecule has 0 atom stereocenters. The minimum Gasteiger partial charge on any atom is -0.456 e. The van der Waals surface area contributed by atoms with Crippen LogP contribution in [0.5, 0.6) is 0 Å². The first-order valence-corrected chi connectivity index (χ1v) is 6.65. The summed E-state index contributed by atoms with van der Waals surface area (Å²) in [4.78, 5) is 33.7. The van der Waals surface area contributed by atoms with Gasteiger partial charge in [0.05, 0.1) is 6.42 Å². The third-order valence-corrected chi connectivity index (χ3v) is 3.35. The van der Waals surface area contributed by atoms with Crippen molar-refractivity contribution in [3.8, 4) is 0 Å². The van der Waals surface area contributed by atoms with Gasteiger partial charge in [-0.05, 0) is 36.5 Å². The highest BCUT2D eigenvalue weighted by atomic mass is 16.5. The molecule has 0 spiro atoms. The SMILES string of the molecule is NC(=O)COC(=O)CCC(=O)c1ccc2c(c1)CCC2. The second-order valence-electron chi connectivity index (χ2n) is 4.89. The lowest BCUT2D eigenvalue weighted by Gasteiger charge is -2.05. The number of hydrogen-bond donors (Lipinski definition) is 1. The number of nitrogens with two attached hydrogens (primary N) is 1. The maximum absolute atomic E-state index is 12.0. The van der Waals surface area contributed by atoms with Crippen molar-refractivity contribution in [1.82, 2.24) is 0 Å². The number of benzene rings is 1. The molecule has 0 aliphatic heterocycles. The molecule has 1 aromatic carbocycles. The summed E-state index contributed by atoms with van der Waals surface area (Å²) < 4.78 is 4.60. The molecule has 1 aliphatic rings. The fourth-order valence-electron chi connectivity index (χ4n) is 2.33. The van der Waals surface area contributed by atoms with Crippen molar-refractivity contribution in [2.24, 2.45) is 5.73 Å². The van der Waals surface area contributed by atoms with Gasteiger partial charge in [0.15, 0.2) is 12.4 Å². The number of Topliss-reactive ketones (excluding diaryl/α,β-unsaturated/α-hetero) is 1. The van der Waals surface area contributed by atoms with E-state index in [1.807, 2.05) is 12.1 Å². The molecule has 0 saturated heterocycles. The van der Waals surface area contributed by atoms with Crippen molar-refractivity contribution < 1.29 is 19.1 Å². The Bertz CT molecular complexity index is 551. The zero-order valence-corrected chi connectivity index (χ0v) is 11.2. The Morgan fingerprint density at radius 3 is 2.60 bits per heavy atom. The van der Waals surface area contributed by atoms with Gasteiger partial charge in [0.1, 0.15) is 0 Å². The first kappa shape index (κ1) is 14.2. The van der Waals surface area contributed by atoms with Gasteiger partial charge in [-0.1, -0.05) is 12.1 Å². The minimum absolute atomic E-state index is 0.0385. The van der Waals surface area contributed by atoms with Crippen LogP contribution in [0.25, 0.3) is 0 Å². The monoisotopic (exact) mass is 275 g/mol. The largest absolute Gasteiger partial charge is 0.456 e. The van der Waals surface area contributed by atoms with Crippen molar-refractivity contribution in [2.75, 3.05) is 6.61 Å². The van der Waals surface area contributed by atoms with Crippen LogP contribution < -0.4 is 5.73 Å². The van der Waals surface area contributed by atoms with Gasteiger partial charge in [-0.15, -0.1) is 0 Å². The van der Waals surface area contributed by atoms with E-state index in [9.17, 15) is 14.4 Å². The van der Waals surface area contributed by atoms with E-state index in [-0.39, 0.29) is 18.6 Å². The molecule has 106 valence electrons. The molecule has 2 N–H and O–H groups in total. The number of amides is 1. The first-order valence-electron chi connectivity index (χ1n) is 6.65. The van der Waals surface area contributed by atoms with E-state index in [0.29, 0.717) is 5.56 Å². The highest BCUT2D eigenvalue weighted by Crippen LogP contribution is 2.23. The molecular weight excluding hydrogens is 258 g/mol.